The molecule has 2 N–H and O–H groups in total. The van der Waals surface area contributed by atoms with E-state index in [0.717, 1.165) is 40.4 Å². The van der Waals surface area contributed by atoms with Gasteiger partial charge in [-0.15, -0.1) is 0 Å². The van der Waals surface area contributed by atoms with Crippen molar-refractivity contribution >= 4 is 11.7 Å². The number of ether oxygens (including phenoxy) is 1. The lowest BCUT2D eigenvalue weighted by Crippen LogP contribution is -2.41. The van der Waals surface area contributed by atoms with Gasteiger partial charge in [-0.05, 0) is 68.0 Å². The third-order valence-corrected chi connectivity index (χ3v) is 7.12. The largest absolute Gasteiger partial charge is 0.489 e. The van der Waals surface area contributed by atoms with E-state index in [0.29, 0.717) is 12.1 Å². The molecule has 0 spiro atoms. The van der Waals surface area contributed by atoms with Crippen LogP contribution in [-0.2, 0) is 4.74 Å². The molecule has 0 bridgehead atoms. The molecule has 5 heteroatoms. The summed E-state index contributed by atoms with van der Waals surface area (Å²) < 4.78 is 6.59. The highest BCUT2D eigenvalue weighted by molar-refractivity contribution is 6.09. The molecule has 0 amide bonds. The van der Waals surface area contributed by atoms with Crippen LogP contribution in [0.3, 0.4) is 0 Å². The van der Waals surface area contributed by atoms with Crippen LogP contribution in [-0.4, -0.2) is 36.0 Å². The van der Waals surface area contributed by atoms with E-state index in [2.05, 4.69) is 75.3 Å². The van der Waals surface area contributed by atoms with Crippen molar-refractivity contribution in [3.8, 4) is 0 Å². The van der Waals surface area contributed by atoms with Gasteiger partial charge in [0.2, 0.25) is 0 Å². The number of allylic oxidation sites excluding steroid dienone is 4. The summed E-state index contributed by atoms with van der Waals surface area (Å²) >= 11 is 0. The molecule has 3 aliphatic rings. The van der Waals surface area contributed by atoms with Crippen LogP contribution in [0.5, 0.6) is 0 Å². The van der Waals surface area contributed by atoms with Gasteiger partial charge in [-0.1, -0.05) is 38.1 Å². The average Bonchev–Trinajstić information content (AvgIpc) is 2.79. The Kier molecular flexibility index (Phi) is 6.83. The van der Waals surface area contributed by atoms with Crippen LogP contribution < -0.4 is 5.32 Å². The molecule has 34 heavy (non-hydrogen) atoms. The maximum atomic E-state index is 12.4. The van der Waals surface area contributed by atoms with E-state index in [1.807, 2.05) is 19.1 Å². The zero-order valence-corrected chi connectivity index (χ0v) is 21.1. The predicted octanol–water partition coefficient (Wildman–Crippen LogP) is 5.98. The van der Waals surface area contributed by atoms with Crippen LogP contribution in [0.2, 0.25) is 0 Å². The normalized spacial score (nSPS) is 27.1. The Hall–Kier alpha value is -3.08. The number of carboxylic acids is 1. The summed E-state index contributed by atoms with van der Waals surface area (Å²) in [5.74, 6) is 0.186. The van der Waals surface area contributed by atoms with Crippen molar-refractivity contribution in [2.75, 3.05) is 13.1 Å². The number of nitrogens with one attached hydrogen (secondary N) is 1. The van der Waals surface area contributed by atoms with E-state index < -0.39 is 5.97 Å². The SMILES string of the molecule is CCN=C1C=C2OC3C=C(NCC)C(C)=CC3C(c3ccc(C(C)C)cc3C(=O)O)C2C=C1C. The van der Waals surface area contributed by atoms with Crippen LogP contribution in [0.4, 0.5) is 0 Å². The van der Waals surface area contributed by atoms with Crippen LogP contribution >= 0.6 is 0 Å². The Morgan fingerprint density at radius 2 is 1.91 bits per heavy atom. The number of carboxylic acid groups (broad SMARTS) is 1. The molecule has 0 aromatic heterocycles. The number of hydrogen-bond acceptors (Lipinski definition) is 4. The molecule has 2 aliphatic carbocycles. The molecule has 1 heterocycles. The van der Waals surface area contributed by atoms with E-state index >= 15 is 0 Å². The number of hydrogen-bond donors (Lipinski definition) is 2. The van der Waals surface area contributed by atoms with Crippen molar-refractivity contribution in [2.24, 2.45) is 16.8 Å². The van der Waals surface area contributed by atoms with Gasteiger partial charge in [-0.2, -0.15) is 0 Å². The molecule has 0 radical (unpaired) electrons. The Balaban J connectivity index is 1.90. The molecule has 4 unspecified atom stereocenters. The standard InChI is InChI=1S/C29H36N2O3/c1-7-30-24-14-26-22(11-17(24)5)28(20-10-9-19(16(3)4)13-21(20)29(32)33)23-12-18(6)25(31-8-2)15-27(23)34-26/h9-16,22-23,26,28,30H,7-8H2,1-6H3,(H,32,33). The molecule has 1 aliphatic heterocycles. The van der Waals surface area contributed by atoms with E-state index in [1.54, 1.807) is 0 Å². The van der Waals surface area contributed by atoms with Gasteiger partial charge >= 0.3 is 5.97 Å². The second-order valence-electron chi connectivity index (χ2n) is 9.73. The Morgan fingerprint density at radius 3 is 2.56 bits per heavy atom. The number of benzene rings is 1. The molecule has 4 rings (SSSR count). The molecule has 0 saturated carbocycles. The predicted molar refractivity (Wildman–Crippen MR) is 137 cm³/mol. The molecular weight excluding hydrogens is 424 g/mol. The number of aliphatic imine (C=N–C) groups is 1. The summed E-state index contributed by atoms with van der Waals surface area (Å²) in [7, 11) is 0. The summed E-state index contributed by atoms with van der Waals surface area (Å²) in [6.45, 7) is 14.0. The van der Waals surface area contributed by atoms with Crippen molar-refractivity contribution in [3.05, 3.63) is 81.8 Å². The Morgan fingerprint density at radius 1 is 1.15 bits per heavy atom. The van der Waals surface area contributed by atoms with Crippen molar-refractivity contribution in [1.82, 2.24) is 5.32 Å². The van der Waals surface area contributed by atoms with Gasteiger partial charge in [0.1, 0.15) is 11.9 Å². The fourth-order valence-electron chi connectivity index (χ4n) is 5.41. The lowest BCUT2D eigenvalue weighted by molar-refractivity contribution is 0.0390. The fourth-order valence-corrected chi connectivity index (χ4v) is 5.41. The van der Waals surface area contributed by atoms with E-state index in [-0.39, 0.29) is 29.8 Å². The zero-order valence-electron chi connectivity index (χ0n) is 21.1. The first-order valence-electron chi connectivity index (χ1n) is 12.4. The van der Waals surface area contributed by atoms with Crippen molar-refractivity contribution in [2.45, 2.75) is 59.5 Å². The van der Waals surface area contributed by atoms with Gasteiger partial charge in [0.05, 0.1) is 11.3 Å². The van der Waals surface area contributed by atoms with Gasteiger partial charge in [-0.3, -0.25) is 4.99 Å². The van der Waals surface area contributed by atoms with Crippen LogP contribution in [0.15, 0.2) is 70.1 Å². The highest BCUT2D eigenvalue weighted by Gasteiger charge is 2.45. The van der Waals surface area contributed by atoms with Gasteiger partial charge in [-0.25, -0.2) is 4.79 Å². The molecule has 1 aromatic rings. The molecule has 1 aromatic carbocycles. The maximum absolute atomic E-state index is 12.4. The number of rotatable bonds is 6. The smallest absolute Gasteiger partial charge is 0.335 e. The van der Waals surface area contributed by atoms with E-state index in [1.165, 1.54) is 5.57 Å². The van der Waals surface area contributed by atoms with Crippen LogP contribution in [0.1, 0.15) is 74.9 Å². The lowest BCUT2D eigenvalue weighted by atomic mass is 9.66. The number of nitrogens with zero attached hydrogens (tertiary/aromatic N) is 1. The third kappa shape index (κ3) is 4.36. The monoisotopic (exact) mass is 460 g/mol. The average molecular weight is 461 g/mol. The van der Waals surface area contributed by atoms with Gasteiger partial charge in [0, 0.05) is 42.6 Å². The summed E-state index contributed by atoms with van der Waals surface area (Å²) in [4.78, 5) is 17.1. The minimum atomic E-state index is -0.879. The second kappa shape index (κ2) is 9.65. The number of carbonyl (C=O) groups is 1. The van der Waals surface area contributed by atoms with Crippen LogP contribution in [0, 0.1) is 11.8 Å². The number of fused-ring (bicyclic) bond motifs is 2. The highest BCUT2D eigenvalue weighted by Crippen LogP contribution is 2.50. The summed E-state index contributed by atoms with van der Waals surface area (Å²) in [6.07, 6.45) is 8.54. The summed E-state index contributed by atoms with van der Waals surface area (Å²) in [5, 5.41) is 13.6. The summed E-state index contributed by atoms with van der Waals surface area (Å²) in [5.41, 5.74) is 6.61. The Labute approximate surface area is 203 Å². The molecular formula is C29H36N2O3. The van der Waals surface area contributed by atoms with E-state index in [4.69, 9.17) is 4.74 Å². The minimum absolute atomic E-state index is 0.0290. The van der Waals surface area contributed by atoms with Crippen molar-refractivity contribution in [3.63, 3.8) is 0 Å². The lowest BCUT2D eigenvalue weighted by Gasteiger charge is -2.45. The van der Waals surface area contributed by atoms with Gasteiger partial charge in [0.15, 0.2) is 0 Å². The van der Waals surface area contributed by atoms with Crippen molar-refractivity contribution in [1.29, 1.82) is 0 Å². The molecule has 1 fully saturated rings. The third-order valence-electron chi connectivity index (χ3n) is 7.12. The van der Waals surface area contributed by atoms with Gasteiger partial charge in [0.25, 0.3) is 0 Å². The molecule has 5 nitrogen and oxygen atoms in total. The number of likely N-dealkylation sites (N-methyl/N-ethyl adjacent to an activating group) is 1. The first-order chi connectivity index (χ1) is 16.2. The van der Waals surface area contributed by atoms with E-state index in [9.17, 15) is 9.90 Å². The first kappa shape index (κ1) is 24.1. The Bertz CT molecular complexity index is 1140. The second-order valence-corrected chi connectivity index (χ2v) is 9.73. The maximum Gasteiger partial charge on any atom is 0.335 e. The molecule has 4 atom stereocenters. The van der Waals surface area contributed by atoms with Crippen molar-refractivity contribution < 1.29 is 14.6 Å². The fraction of sp³-hybridized carbons (Fsp3) is 0.448. The quantitative estimate of drug-likeness (QED) is 0.548. The minimum Gasteiger partial charge on any atom is -0.489 e. The first-order valence-corrected chi connectivity index (χ1v) is 12.4. The summed E-state index contributed by atoms with van der Waals surface area (Å²) in [6, 6.07) is 5.98. The number of aromatic carboxylic acids is 1. The highest BCUT2D eigenvalue weighted by atomic mass is 16.5. The zero-order chi connectivity index (χ0) is 24.6. The van der Waals surface area contributed by atoms with Gasteiger partial charge < -0.3 is 15.2 Å². The molecule has 180 valence electrons. The van der Waals surface area contributed by atoms with Crippen LogP contribution in [0.25, 0.3) is 0 Å². The molecule has 1 saturated heterocycles. The topological polar surface area (TPSA) is 70.9 Å².